The zero-order valence-electron chi connectivity index (χ0n) is 10.3. The molecule has 0 saturated heterocycles. The Bertz CT molecular complexity index is 560. The molecule has 0 spiro atoms. The SMILES string of the molecule is CC(=O)CN1CC(=O)N(C)c2ccc(C#N)cc21. The third-order valence-corrected chi connectivity index (χ3v) is 2.92. The van der Waals surface area contributed by atoms with Gasteiger partial charge in [0.05, 0.1) is 36.1 Å². The summed E-state index contributed by atoms with van der Waals surface area (Å²) in [5, 5.41) is 8.91. The van der Waals surface area contributed by atoms with E-state index in [1.165, 1.54) is 6.92 Å². The molecule has 0 atom stereocenters. The second kappa shape index (κ2) is 4.49. The zero-order valence-corrected chi connectivity index (χ0v) is 10.3. The fourth-order valence-corrected chi connectivity index (χ4v) is 2.03. The number of nitrogens with zero attached hydrogens (tertiary/aromatic N) is 3. The molecule has 18 heavy (non-hydrogen) atoms. The summed E-state index contributed by atoms with van der Waals surface area (Å²) in [6.07, 6.45) is 0. The van der Waals surface area contributed by atoms with Gasteiger partial charge in [-0.15, -0.1) is 0 Å². The molecule has 2 rings (SSSR count). The first-order valence-corrected chi connectivity index (χ1v) is 5.58. The lowest BCUT2D eigenvalue weighted by atomic mass is 10.1. The van der Waals surface area contributed by atoms with Crippen LogP contribution in [0.4, 0.5) is 11.4 Å². The first-order chi connectivity index (χ1) is 8.52. The van der Waals surface area contributed by atoms with Crippen LogP contribution in [0.2, 0.25) is 0 Å². The van der Waals surface area contributed by atoms with E-state index < -0.39 is 0 Å². The topological polar surface area (TPSA) is 64.4 Å². The van der Waals surface area contributed by atoms with Crippen molar-refractivity contribution in [2.45, 2.75) is 6.92 Å². The second-order valence-corrected chi connectivity index (χ2v) is 4.33. The number of hydrogen-bond donors (Lipinski definition) is 0. The summed E-state index contributed by atoms with van der Waals surface area (Å²) in [5.41, 5.74) is 2.00. The van der Waals surface area contributed by atoms with E-state index in [0.717, 1.165) is 11.4 Å². The normalized spacial score (nSPS) is 14.2. The van der Waals surface area contributed by atoms with E-state index in [4.69, 9.17) is 5.26 Å². The molecule has 1 amide bonds. The van der Waals surface area contributed by atoms with Gasteiger partial charge in [-0.25, -0.2) is 0 Å². The predicted molar refractivity (Wildman–Crippen MR) is 67.5 cm³/mol. The van der Waals surface area contributed by atoms with Crippen molar-refractivity contribution in [2.75, 3.05) is 29.9 Å². The van der Waals surface area contributed by atoms with E-state index in [9.17, 15) is 9.59 Å². The lowest BCUT2D eigenvalue weighted by molar-refractivity contribution is -0.117. The van der Waals surface area contributed by atoms with Gasteiger partial charge < -0.3 is 9.80 Å². The molecule has 0 bridgehead atoms. The molecule has 1 aliphatic heterocycles. The van der Waals surface area contributed by atoms with Crippen molar-refractivity contribution in [3.8, 4) is 6.07 Å². The quantitative estimate of drug-likeness (QED) is 0.775. The van der Waals surface area contributed by atoms with Crippen LogP contribution in [0.15, 0.2) is 18.2 Å². The van der Waals surface area contributed by atoms with E-state index >= 15 is 0 Å². The van der Waals surface area contributed by atoms with Gasteiger partial charge in [0.15, 0.2) is 0 Å². The Kier molecular flexibility index (Phi) is 3.02. The molecule has 0 N–H and O–H groups in total. The van der Waals surface area contributed by atoms with E-state index in [2.05, 4.69) is 6.07 Å². The number of amides is 1. The van der Waals surface area contributed by atoms with Crippen molar-refractivity contribution < 1.29 is 9.59 Å². The van der Waals surface area contributed by atoms with Gasteiger partial charge in [-0.05, 0) is 25.1 Å². The average molecular weight is 243 g/mol. The van der Waals surface area contributed by atoms with E-state index in [-0.39, 0.29) is 24.8 Å². The predicted octanol–water partition coefficient (Wildman–Crippen LogP) is 0.930. The molecule has 5 heteroatoms. The third-order valence-electron chi connectivity index (χ3n) is 2.92. The second-order valence-electron chi connectivity index (χ2n) is 4.33. The van der Waals surface area contributed by atoms with Gasteiger partial charge in [0.1, 0.15) is 5.78 Å². The van der Waals surface area contributed by atoms with Gasteiger partial charge in [-0.3, -0.25) is 9.59 Å². The summed E-state index contributed by atoms with van der Waals surface area (Å²) in [7, 11) is 1.69. The number of nitriles is 1. The summed E-state index contributed by atoms with van der Waals surface area (Å²) in [4.78, 5) is 26.3. The van der Waals surface area contributed by atoms with Crippen molar-refractivity contribution in [2.24, 2.45) is 0 Å². The highest BCUT2D eigenvalue weighted by Crippen LogP contribution is 2.33. The Balaban J connectivity index is 2.49. The molecular formula is C13H13N3O2. The highest BCUT2D eigenvalue weighted by Gasteiger charge is 2.27. The van der Waals surface area contributed by atoms with Gasteiger partial charge >= 0.3 is 0 Å². The molecule has 92 valence electrons. The molecule has 0 aromatic heterocycles. The lowest BCUT2D eigenvalue weighted by Gasteiger charge is -2.35. The fraction of sp³-hybridized carbons (Fsp3) is 0.308. The number of carbonyl (C=O) groups is 2. The molecule has 1 heterocycles. The molecule has 1 aromatic carbocycles. The number of Topliss-reactive ketones (excluding diaryl/α,β-unsaturated/α-hetero) is 1. The van der Waals surface area contributed by atoms with Crippen LogP contribution >= 0.6 is 0 Å². The van der Waals surface area contributed by atoms with E-state index in [0.29, 0.717) is 5.56 Å². The van der Waals surface area contributed by atoms with Gasteiger partial charge in [0.25, 0.3) is 0 Å². The Labute approximate surface area is 105 Å². The van der Waals surface area contributed by atoms with Crippen LogP contribution in [0.25, 0.3) is 0 Å². The summed E-state index contributed by atoms with van der Waals surface area (Å²) < 4.78 is 0. The monoisotopic (exact) mass is 243 g/mol. The van der Waals surface area contributed by atoms with Crippen molar-refractivity contribution >= 4 is 23.1 Å². The smallest absolute Gasteiger partial charge is 0.246 e. The van der Waals surface area contributed by atoms with Gasteiger partial charge in [-0.2, -0.15) is 5.26 Å². The number of carbonyl (C=O) groups excluding carboxylic acids is 2. The Morgan fingerprint density at radius 2 is 2.17 bits per heavy atom. The number of rotatable bonds is 2. The Hall–Kier alpha value is -2.35. The highest BCUT2D eigenvalue weighted by atomic mass is 16.2. The Morgan fingerprint density at radius 1 is 1.44 bits per heavy atom. The van der Waals surface area contributed by atoms with Crippen molar-refractivity contribution in [3.05, 3.63) is 23.8 Å². The van der Waals surface area contributed by atoms with Crippen LogP contribution in [-0.4, -0.2) is 31.8 Å². The van der Waals surface area contributed by atoms with E-state index in [1.54, 1.807) is 35.0 Å². The van der Waals surface area contributed by atoms with Crippen molar-refractivity contribution in [1.29, 1.82) is 5.26 Å². The minimum absolute atomic E-state index is 0.0133. The molecular weight excluding hydrogens is 230 g/mol. The van der Waals surface area contributed by atoms with Gasteiger partial charge in [-0.1, -0.05) is 0 Å². The standard InChI is InChI=1S/C13H13N3O2/c1-9(17)7-16-8-13(18)15(2)11-4-3-10(6-14)5-12(11)16/h3-5H,7-8H2,1-2H3. The zero-order chi connectivity index (χ0) is 13.3. The molecule has 0 aliphatic carbocycles. The van der Waals surface area contributed by atoms with Crippen molar-refractivity contribution in [3.63, 3.8) is 0 Å². The average Bonchev–Trinajstić information content (AvgIpc) is 2.34. The summed E-state index contributed by atoms with van der Waals surface area (Å²) >= 11 is 0. The van der Waals surface area contributed by atoms with Crippen LogP contribution < -0.4 is 9.80 Å². The molecule has 0 fully saturated rings. The first-order valence-electron chi connectivity index (χ1n) is 5.58. The molecule has 1 aliphatic rings. The minimum atomic E-state index is -0.0616. The summed E-state index contributed by atoms with van der Waals surface area (Å²) in [6.45, 7) is 1.83. The van der Waals surface area contributed by atoms with Crippen molar-refractivity contribution in [1.82, 2.24) is 0 Å². The maximum atomic E-state index is 11.8. The number of anilines is 2. The lowest BCUT2D eigenvalue weighted by Crippen LogP contribution is -2.45. The van der Waals surface area contributed by atoms with Gasteiger partial charge in [0.2, 0.25) is 5.91 Å². The number of hydrogen-bond acceptors (Lipinski definition) is 4. The maximum absolute atomic E-state index is 11.8. The maximum Gasteiger partial charge on any atom is 0.246 e. The van der Waals surface area contributed by atoms with E-state index in [1.807, 2.05) is 0 Å². The minimum Gasteiger partial charge on any atom is -0.353 e. The fourth-order valence-electron chi connectivity index (χ4n) is 2.03. The summed E-state index contributed by atoms with van der Waals surface area (Å²) in [5.74, 6) is -0.0749. The van der Waals surface area contributed by atoms with Crippen LogP contribution in [-0.2, 0) is 9.59 Å². The molecule has 5 nitrogen and oxygen atoms in total. The van der Waals surface area contributed by atoms with Crippen LogP contribution in [0, 0.1) is 11.3 Å². The number of benzene rings is 1. The van der Waals surface area contributed by atoms with Crippen LogP contribution in [0.3, 0.4) is 0 Å². The molecule has 0 saturated carbocycles. The van der Waals surface area contributed by atoms with Crippen LogP contribution in [0.1, 0.15) is 12.5 Å². The summed E-state index contributed by atoms with van der Waals surface area (Å²) in [6, 6.07) is 7.17. The molecule has 0 radical (unpaired) electrons. The first kappa shape index (κ1) is 12.1. The number of fused-ring (bicyclic) bond motifs is 1. The molecule has 0 unspecified atom stereocenters. The highest BCUT2D eigenvalue weighted by molar-refractivity contribution is 6.04. The molecule has 1 aromatic rings. The number of likely N-dealkylation sites (N-methyl/N-ethyl adjacent to an activating group) is 1. The third kappa shape index (κ3) is 2.05. The largest absolute Gasteiger partial charge is 0.353 e. The van der Waals surface area contributed by atoms with Gasteiger partial charge in [0, 0.05) is 7.05 Å². The Morgan fingerprint density at radius 3 is 2.78 bits per heavy atom. The number of ketones is 1. The van der Waals surface area contributed by atoms with Crippen LogP contribution in [0.5, 0.6) is 0 Å².